The Morgan fingerprint density at radius 1 is 0.440 bits per heavy atom. The summed E-state index contributed by atoms with van der Waals surface area (Å²) in [5.74, 6) is 0. The van der Waals surface area contributed by atoms with Gasteiger partial charge in [0.15, 0.2) is 0 Å². The summed E-state index contributed by atoms with van der Waals surface area (Å²) in [6.07, 6.45) is 4.78. The van der Waals surface area contributed by atoms with E-state index in [1.165, 1.54) is 25.7 Å². The van der Waals surface area contributed by atoms with Gasteiger partial charge >= 0.3 is 0 Å². The minimum Gasteiger partial charge on any atom is -0.870 e. The first-order valence-electron chi connectivity index (χ1n) is 8.40. The maximum absolute atomic E-state index is 3.76. The van der Waals surface area contributed by atoms with Crippen molar-refractivity contribution in [2.75, 3.05) is 0 Å². The summed E-state index contributed by atoms with van der Waals surface area (Å²) >= 11 is 0. The molecule has 0 rings (SSSR count). The van der Waals surface area contributed by atoms with Crippen LogP contribution in [-0.4, -0.2) is 46.1 Å². The van der Waals surface area contributed by atoms with E-state index < -0.39 is 0 Å². The molecule has 25 heavy (non-hydrogen) atoms. The summed E-state index contributed by atoms with van der Waals surface area (Å²) in [4.78, 5) is 0. The molecule has 0 aromatic heterocycles. The van der Waals surface area contributed by atoms with Crippen molar-refractivity contribution >= 4 is 0 Å². The summed E-state index contributed by atoms with van der Waals surface area (Å²) in [6, 6.07) is 2.54. The smallest absolute Gasteiger partial charge is 0.0812 e. The van der Waals surface area contributed by atoms with Crippen LogP contribution >= 0.6 is 0 Å². The molecule has 0 saturated carbocycles. The zero-order valence-corrected chi connectivity index (χ0v) is 19.8. The number of rotatable bonds is 4. The summed E-state index contributed by atoms with van der Waals surface area (Å²) < 4.78 is 0. The van der Waals surface area contributed by atoms with E-state index in [4.69, 9.17) is 0 Å². The third-order valence-corrected chi connectivity index (χ3v) is 2.79. The zero-order chi connectivity index (χ0) is 17.1. The van der Waals surface area contributed by atoms with Crippen molar-refractivity contribution in [2.24, 2.45) is 0 Å². The SMILES string of the molecule is CCC(C)[NH3+].CCC(C)[NH3+].CCC(C)[NH3+].CCC(C)[NH3+].[OH-].[OH-].[OH-].[OH-].[Ti]. The standard InChI is InChI=1S/4C4H11N.4H2O.Ti/c4*1-3-4(2)5;;;;;/h4*4H,3,5H2,1-2H3;4*1H2;. The van der Waals surface area contributed by atoms with Crippen LogP contribution in [0, 0.1) is 0 Å². The summed E-state index contributed by atoms with van der Waals surface area (Å²) in [5, 5.41) is 0. The van der Waals surface area contributed by atoms with Gasteiger partial charge in [0, 0.05) is 21.7 Å². The first-order valence-corrected chi connectivity index (χ1v) is 8.40. The fourth-order valence-corrected chi connectivity index (χ4v) is 0. The molecule has 0 aromatic carbocycles. The molecule has 4 unspecified atom stereocenters. The summed E-state index contributed by atoms with van der Waals surface area (Å²) in [5.41, 5.74) is 15.0. The molecular formula is C16H52N4O4Ti. The first kappa shape index (κ1) is 56.2. The Bertz CT molecular complexity index is 124. The van der Waals surface area contributed by atoms with Gasteiger partial charge in [0.05, 0.1) is 24.2 Å². The van der Waals surface area contributed by atoms with E-state index in [-0.39, 0.29) is 43.6 Å². The van der Waals surface area contributed by atoms with Gasteiger partial charge in [0.1, 0.15) is 0 Å². The van der Waals surface area contributed by atoms with Crippen molar-refractivity contribution in [1.82, 2.24) is 0 Å². The molecule has 0 aliphatic heterocycles. The molecule has 0 saturated heterocycles. The second-order valence-corrected chi connectivity index (χ2v) is 6.05. The number of quaternary nitrogens is 4. The number of hydrogen-bond donors (Lipinski definition) is 4. The fraction of sp³-hybridized carbons (Fsp3) is 1.00. The zero-order valence-electron chi connectivity index (χ0n) is 18.3. The van der Waals surface area contributed by atoms with Crippen LogP contribution < -0.4 is 22.9 Å². The average Bonchev–Trinajstić information content (AvgIpc) is 2.40. The van der Waals surface area contributed by atoms with Crippen LogP contribution in [0.1, 0.15) is 81.1 Å². The normalized spacial score (nSPS) is 12.0. The van der Waals surface area contributed by atoms with Crippen LogP contribution in [-0.2, 0) is 21.7 Å². The molecule has 16 N–H and O–H groups in total. The summed E-state index contributed by atoms with van der Waals surface area (Å²) in [6.45, 7) is 17.0. The molecule has 0 aliphatic carbocycles. The van der Waals surface area contributed by atoms with Crippen molar-refractivity contribution in [3.63, 3.8) is 0 Å². The van der Waals surface area contributed by atoms with Gasteiger partial charge < -0.3 is 44.8 Å². The van der Waals surface area contributed by atoms with E-state index >= 15 is 0 Å². The second kappa shape index (κ2) is 49.7. The van der Waals surface area contributed by atoms with Crippen molar-refractivity contribution < 1.29 is 66.6 Å². The van der Waals surface area contributed by atoms with Crippen LogP contribution in [0.3, 0.4) is 0 Å². The van der Waals surface area contributed by atoms with E-state index in [0.29, 0.717) is 24.2 Å². The van der Waals surface area contributed by atoms with E-state index in [9.17, 15) is 0 Å². The second-order valence-electron chi connectivity index (χ2n) is 6.05. The van der Waals surface area contributed by atoms with Crippen LogP contribution in [0.25, 0.3) is 0 Å². The van der Waals surface area contributed by atoms with E-state index in [0.717, 1.165) is 0 Å². The Labute approximate surface area is 172 Å². The Morgan fingerprint density at radius 2 is 0.480 bits per heavy atom. The van der Waals surface area contributed by atoms with Gasteiger partial charge in [-0.05, 0) is 53.4 Å². The van der Waals surface area contributed by atoms with Crippen LogP contribution in [0.2, 0.25) is 0 Å². The molecule has 9 heteroatoms. The molecular weight excluding hydrogens is 360 g/mol. The van der Waals surface area contributed by atoms with Crippen molar-refractivity contribution in [3.8, 4) is 0 Å². The van der Waals surface area contributed by atoms with Gasteiger partial charge in [-0.15, -0.1) is 0 Å². The van der Waals surface area contributed by atoms with E-state index in [1.807, 2.05) is 0 Å². The molecule has 0 aliphatic rings. The van der Waals surface area contributed by atoms with Crippen molar-refractivity contribution in [2.45, 2.75) is 105 Å². The van der Waals surface area contributed by atoms with E-state index in [1.54, 1.807) is 0 Å². The van der Waals surface area contributed by atoms with Gasteiger partial charge in [-0.2, -0.15) is 0 Å². The molecule has 0 radical (unpaired) electrons. The van der Waals surface area contributed by atoms with Crippen LogP contribution in [0.5, 0.6) is 0 Å². The average molecular weight is 412 g/mol. The van der Waals surface area contributed by atoms with Gasteiger partial charge in [-0.3, -0.25) is 0 Å². The van der Waals surface area contributed by atoms with Gasteiger partial charge in [0.2, 0.25) is 0 Å². The Balaban J connectivity index is -0.0000000183. The molecule has 0 bridgehead atoms. The first-order chi connectivity index (χ1) is 9.08. The van der Waals surface area contributed by atoms with Gasteiger partial charge in [-0.25, -0.2) is 0 Å². The molecule has 0 spiro atoms. The predicted molar refractivity (Wildman–Crippen MR) is 98.3 cm³/mol. The monoisotopic (exact) mass is 412 g/mol. The summed E-state index contributed by atoms with van der Waals surface area (Å²) in [7, 11) is 0. The Morgan fingerprint density at radius 3 is 0.480 bits per heavy atom. The fourth-order valence-electron chi connectivity index (χ4n) is 0. The van der Waals surface area contributed by atoms with Crippen molar-refractivity contribution in [1.29, 1.82) is 0 Å². The van der Waals surface area contributed by atoms with Crippen molar-refractivity contribution in [3.05, 3.63) is 0 Å². The third-order valence-electron chi connectivity index (χ3n) is 2.79. The van der Waals surface area contributed by atoms with Crippen LogP contribution in [0.15, 0.2) is 0 Å². The van der Waals surface area contributed by atoms with Gasteiger partial charge in [0.25, 0.3) is 0 Å². The molecule has 0 heterocycles. The molecule has 0 amide bonds. The predicted octanol–water partition coefficient (Wildman–Crippen LogP) is -0.602. The quantitative estimate of drug-likeness (QED) is 0.442. The van der Waals surface area contributed by atoms with Gasteiger partial charge in [-0.1, -0.05) is 27.7 Å². The minimum atomic E-state index is 0. The molecule has 4 atom stereocenters. The Hall–Kier alpha value is 0.394. The third kappa shape index (κ3) is 174. The minimum absolute atomic E-state index is 0. The van der Waals surface area contributed by atoms with E-state index in [2.05, 4.69) is 78.3 Å². The molecule has 0 fully saturated rings. The molecule has 164 valence electrons. The van der Waals surface area contributed by atoms with Crippen LogP contribution in [0.4, 0.5) is 0 Å². The molecule has 8 nitrogen and oxygen atoms in total. The topological polar surface area (TPSA) is 231 Å². The largest absolute Gasteiger partial charge is 0.870 e. The maximum atomic E-state index is 3.76. The molecule has 0 aromatic rings. The number of hydrogen-bond acceptors (Lipinski definition) is 4. The maximum Gasteiger partial charge on any atom is 0.0812 e. The Kier molecular flexibility index (Phi) is 112.